The largest absolute Gasteiger partial charge is 0.369 e. The van der Waals surface area contributed by atoms with Crippen molar-refractivity contribution in [3.8, 4) is 0 Å². The molecule has 7 nitrogen and oxygen atoms in total. The molecule has 1 atom stereocenters. The molecule has 4 amide bonds. The highest BCUT2D eigenvalue weighted by Crippen LogP contribution is 2.44. The maximum absolute atomic E-state index is 12.9. The maximum atomic E-state index is 12.9. The van der Waals surface area contributed by atoms with Gasteiger partial charge in [0, 0.05) is 34.0 Å². The molecule has 2 aromatic rings. The lowest BCUT2D eigenvalue weighted by molar-refractivity contribution is -0.127. The molecule has 1 fully saturated rings. The third-order valence-electron chi connectivity index (χ3n) is 6.44. The first-order valence-electron chi connectivity index (χ1n) is 10.9. The van der Waals surface area contributed by atoms with Crippen LogP contribution in [0.2, 0.25) is 10.0 Å². The summed E-state index contributed by atoms with van der Waals surface area (Å²) in [6, 6.07) is 9.74. The lowest BCUT2D eigenvalue weighted by atomic mass is 9.80. The number of halogens is 2. The molecule has 0 saturated carbocycles. The van der Waals surface area contributed by atoms with Crippen LogP contribution in [0.1, 0.15) is 44.2 Å². The van der Waals surface area contributed by atoms with Crippen LogP contribution < -0.4 is 15.5 Å². The van der Waals surface area contributed by atoms with E-state index in [0.717, 1.165) is 22.6 Å². The van der Waals surface area contributed by atoms with Crippen LogP contribution in [0.5, 0.6) is 0 Å². The predicted molar refractivity (Wildman–Crippen MR) is 135 cm³/mol. The summed E-state index contributed by atoms with van der Waals surface area (Å²) in [4.78, 5) is 40.8. The molecule has 0 aromatic heterocycles. The number of nitrogens with zero attached hydrogens (tertiary/aromatic N) is 2. The molecule has 0 unspecified atom stereocenters. The van der Waals surface area contributed by atoms with Crippen LogP contribution in [0, 0.1) is 0 Å². The zero-order valence-electron chi connectivity index (χ0n) is 19.4. The highest BCUT2D eigenvalue weighted by Gasteiger charge is 2.36. The summed E-state index contributed by atoms with van der Waals surface area (Å²) in [6.45, 7) is 6.14. The Morgan fingerprint density at radius 2 is 1.88 bits per heavy atom. The van der Waals surface area contributed by atoms with Crippen LogP contribution in [-0.2, 0) is 9.59 Å². The molecule has 1 saturated heterocycles. The monoisotopic (exact) mass is 500 g/mol. The van der Waals surface area contributed by atoms with E-state index >= 15 is 0 Å². The van der Waals surface area contributed by atoms with Gasteiger partial charge in [0.1, 0.15) is 12.2 Å². The second kappa shape index (κ2) is 8.96. The average molecular weight is 501 g/mol. The average Bonchev–Trinajstić information content (AvgIpc) is 3.02. The SMILES string of the molecule is C[C@@H]1CC(C)(C)N(C)c2cc(Cl)c(/C=C3\NC(=O)N(CC(=O)Nc4ccc(Cl)cc4)C3=O)cc21. The Balaban J connectivity index is 1.54. The number of hydrogen-bond acceptors (Lipinski definition) is 4. The Morgan fingerprint density at radius 1 is 1.21 bits per heavy atom. The molecule has 2 aliphatic heterocycles. The van der Waals surface area contributed by atoms with Crippen LogP contribution in [0.3, 0.4) is 0 Å². The standard InChI is InChI=1S/C25H26Cl2N4O3/c1-14-12-25(2,3)30(4)21-11-19(27)15(9-18(14)21)10-20-23(33)31(24(34)29-20)13-22(32)28-17-7-5-16(26)6-8-17/h5-11,14H,12-13H2,1-4H3,(H,28,32)(H,29,34)/b20-10-/t14-/m1/s1. The van der Waals surface area contributed by atoms with E-state index < -0.39 is 24.4 Å². The molecule has 34 heavy (non-hydrogen) atoms. The van der Waals surface area contributed by atoms with Gasteiger partial charge in [0.05, 0.1) is 0 Å². The van der Waals surface area contributed by atoms with Gasteiger partial charge >= 0.3 is 6.03 Å². The number of urea groups is 1. The van der Waals surface area contributed by atoms with Gasteiger partial charge in [-0.25, -0.2) is 9.69 Å². The fourth-order valence-electron chi connectivity index (χ4n) is 4.46. The van der Waals surface area contributed by atoms with Gasteiger partial charge in [0.2, 0.25) is 5.91 Å². The molecule has 178 valence electrons. The number of carbonyl (C=O) groups excluding carboxylic acids is 3. The predicted octanol–water partition coefficient (Wildman–Crippen LogP) is 5.25. The number of hydrogen-bond donors (Lipinski definition) is 2. The molecule has 0 bridgehead atoms. The first-order valence-corrected chi connectivity index (χ1v) is 11.7. The summed E-state index contributed by atoms with van der Waals surface area (Å²) in [6.07, 6.45) is 2.53. The van der Waals surface area contributed by atoms with E-state index in [9.17, 15) is 14.4 Å². The van der Waals surface area contributed by atoms with Gasteiger partial charge in [-0.05, 0) is 79.8 Å². The van der Waals surface area contributed by atoms with Crippen LogP contribution in [0.25, 0.3) is 6.08 Å². The van der Waals surface area contributed by atoms with E-state index in [1.54, 1.807) is 30.3 Å². The molecule has 2 N–H and O–H groups in total. The fourth-order valence-corrected chi connectivity index (χ4v) is 4.80. The van der Waals surface area contributed by atoms with Crippen LogP contribution in [-0.4, -0.2) is 41.9 Å². The topological polar surface area (TPSA) is 81.8 Å². The van der Waals surface area contributed by atoms with Crippen molar-refractivity contribution in [2.75, 3.05) is 23.8 Å². The number of nitrogens with one attached hydrogen (secondary N) is 2. The summed E-state index contributed by atoms with van der Waals surface area (Å²) in [7, 11) is 2.05. The normalized spacial score (nSPS) is 20.4. The molecule has 2 heterocycles. The van der Waals surface area contributed by atoms with Gasteiger partial charge in [0.15, 0.2) is 0 Å². The van der Waals surface area contributed by atoms with Gasteiger partial charge in [-0.15, -0.1) is 0 Å². The van der Waals surface area contributed by atoms with Crippen molar-refractivity contribution in [1.82, 2.24) is 10.2 Å². The molecule has 2 aliphatic rings. The quantitative estimate of drug-likeness (QED) is 0.443. The molecule has 2 aromatic carbocycles. The van der Waals surface area contributed by atoms with E-state index in [4.69, 9.17) is 23.2 Å². The minimum atomic E-state index is -0.661. The van der Waals surface area contributed by atoms with Crippen molar-refractivity contribution in [2.45, 2.75) is 38.6 Å². The summed E-state index contributed by atoms with van der Waals surface area (Å²) in [5.41, 5.74) is 3.41. The smallest absolute Gasteiger partial charge is 0.329 e. The lowest BCUT2D eigenvalue weighted by Gasteiger charge is -2.45. The molecular weight excluding hydrogens is 475 g/mol. The highest BCUT2D eigenvalue weighted by molar-refractivity contribution is 6.32. The number of benzene rings is 2. The van der Waals surface area contributed by atoms with Crippen molar-refractivity contribution < 1.29 is 14.4 Å². The van der Waals surface area contributed by atoms with Crippen molar-refractivity contribution in [3.05, 3.63) is 63.3 Å². The molecular formula is C25H26Cl2N4O3. The summed E-state index contributed by atoms with van der Waals surface area (Å²) in [5.74, 6) is -0.785. The van der Waals surface area contributed by atoms with Crippen molar-refractivity contribution in [3.63, 3.8) is 0 Å². The molecule has 0 aliphatic carbocycles. The van der Waals surface area contributed by atoms with Crippen LogP contribution in [0.15, 0.2) is 42.1 Å². The Kier molecular flexibility index (Phi) is 6.36. The first kappa shape index (κ1) is 24.1. The van der Waals surface area contributed by atoms with Gasteiger partial charge in [-0.1, -0.05) is 30.1 Å². The number of amides is 4. The Labute approximate surface area is 208 Å². The summed E-state index contributed by atoms with van der Waals surface area (Å²) < 4.78 is 0. The highest BCUT2D eigenvalue weighted by atomic mass is 35.5. The van der Waals surface area contributed by atoms with E-state index in [1.165, 1.54) is 0 Å². The number of anilines is 2. The number of imide groups is 1. The summed E-state index contributed by atoms with van der Waals surface area (Å²) in [5, 5.41) is 6.21. The fraction of sp³-hybridized carbons (Fsp3) is 0.320. The van der Waals surface area contributed by atoms with Crippen LogP contribution >= 0.6 is 23.2 Å². The van der Waals surface area contributed by atoms with E-state index in [-0.39, 0.29) is 11.2 Å². The van der Waals surface area contributed by atoms with Gasteiger partial charge < -0.3 is 15.5 Å². The zero-order valence-corrected chi connectivity index (χ0v) is 20.9. The number of carbonyl (C=O) groups is 3. The van der Waals surface area contributed by atoms with E-state index in [1.807, 2.05) is 19.2 Å². The van der Waals surface area contributed by atoms with E-state index in [0.29, 0.717) is 27.2 Å². The second-order valence-electron chi connectivity index (χ2n) is 9.34. The minimum Gasteiger partial charge on any atom is -0.369 e. The molecule has 9 heteroatoms. The molecule has 4 rings (SSSR count). The third kappa shape index (κ3) is 4.63. The van der Waals surface area contributed by atoms with Gasteiger partial charge in [-0.2, -0.15) is 0 Å². The van der Waals surface area contributed by atoms with Gasteiger partial charge in [0.25, 0.3) is 5.91 Å². The summed E-state index contributed by atoms with van der Waals surface area (Å²) >= 11 is 12.4. The second-order valence-corrected chi connectivity index (χ2v) is 10.2. The number of rotatable bonds is 4. The van der Waals surface area contributed by atoms with Gasteiger partial charge in [-0.3, -0.25) is 9.59 Å². The molecule has 0 radical (unpaired) electrons. The Hall–Kier alpha value is -3.03. The maximum Gasteiger partial charge on any atom is 0.329 e. The van der Waals surface area contributed by atoms with Crippen molar-refractivity contribution in [2.24, 2.45) is 0 Å². The van der Waals surface area contributed by atoms with Crippen molar-refractivity contribution in [1.29, 1.82) is 0 Å². The Bertz CT molecular complexity index is 1210. The Morgan fingerprint density at radius 3 is 2.56 bits per heavy atom. The first-order chi connectivity index (χ1) is 16.0. The molecule has 0 spiro atoms. The van der Waals surface area contributed by atoms with Crippen molar-refractivity contribution >= 4 is 58.5 Å². The van der Waals surface area contributed by atoms with Crippen LogP contribution in [0.4, 0.5) is 16.2 Å². The zero-order chi connectivity index (χ0) is 24.8. The minimum absolute atomic E-state index is 0.00178. The van der Waals surface area contributed by atoms with E-state index in [2.05, 4.69) is 36.3 Å². The third-order valence-corrected chi connectivity index (χ3v) is 7.02. The lowest BCUT2D eigenvalue weighted by Crippen LogP contribution is -2.45. The number of fused-ring (bicyclic) bond motifs is 1.